The van der Waals surface area contributed by atoms with Gasteiger partial charge in [0.1, 0.15) is 5.75 Å². The molecule has 1 fully saturated rings. The number of nitrogens with one attached hydrogen (secondary N) is 1. The standard InChI is InChI=1S/C25H31ClN6O6S/c1-37-17-15-31-13-10-25(11-14-31,24(33)29-34)39(35,36)22-8-6-21(7-9-22)38-16-3-12-32-28-23(27-30-32)19-4-2-5-20(26)18-19/h2,4-9,18,34H,3,10-17H2,1H3,(H,29,33). The number of ether oxygens (including phenoxy) is 2. The number of hydroxylamine groups is 1. The van der Waals surface area contributed by atoms with Gasteiger partial charge < -0.3 is 14.4 Å². The summed E-state index contributed by atoms with van der Waals surface area (Å²) in [5.74, 6) is 0.0353. The van der Waals surface area contributed by atoms with E-state index in [1.165, 1.54) is 16.9 Å². The van der Waals surface area contributed by atoms with Crippen LogP contribution in [0.4, 0.5) is 0 Å². The van der Waals surface area contributed by atoms with Crippen LogP contribution in [0.5, 0.6) is 5.75 Å². The summed E-state index contributed by atoms with van der Waals surface area (Å²) in [6, 6.07) is 13.1. The van der Waals surface area contributed by atoms with Gasteiger partial charge in [0.2, 0.25) is 5.82 Å². The number of carbonyl (C=O) groups excluding carboxylic acids is 1. The van der Waals surface area contributed by atoms with Crippen LogP contribution in [-0.4, -0.2) is 89.3 Å². The fraction of sp³-hybridized carbons (Fsp3) is 0.440. The van der Waals surface area contributed by atoms with Crippen LogP contribution >= 0.6 is 11.6 Å². The van der Waals surface area contributed by atoms with E-state index in [0.29, 0.717) is 62.4 Å². The number of amides is 1. The van der Waals surface area contributed by atoms with Gasteiger partial charge in [-0.05, 0) is 54.5 Å². The van der Waals surface area contributed by atoms with Gasteiger partial charge in [0.05, 0.1) is 24.7 Å². The second kappa shape index (κ2) is 12.8. The van der Waals surface area contributed by atoms with Crippen LogP contribution in [-0.2, 0) is 25.9 Å². The number of rotatable bonds is 12. The lowest BCUT2D eigenvalue weighted by Crippen LogP contribution is -2.57. The Balaban J connectivity index is 1.34. The zero-order chi connectivity index (χ0) is 27.9. The number of aryl methyl sites for hydroxylation is 1. The smallest absolute Gasteiger partial charge is 0.265 e. The van der Waals surface area contributed by atoms with Gasteiger partial charge in [0.15, 0.2) is 14.6 Å². The summed E-state index contributed by atoms with van der Waals surface area (Å²) in [6.45, 7) is 2.73. The van der Waals surface area contributed by atoms with Crippen molar-refractivity contribution >= 4 is 27.3 Å². The predicted octanol–water partition coefficient (Wildman–Crippen LogP) is 2.22. The van der Waals surface area contributed by atoms with Crippen molar-refractivity contribution in [3.05, 3.63) is 53.6 Å². The van der Waals surface area contributed by atoms with Crippen LogP contribution in [0.1, 0.15) is 19.3 Å². The van der Waals surface area contributed by atoms with Crippen molar-refractivity contribution in [1.82, 2.24) is 30.6 Å². The quantitative estimate of drug-likeness (QED) is 0.186. The number of sulfone groups is 1. The van der Waals surface area contributed by atoms with Crippen LogP contribution in [0.15, 0.2) is 53.4 Å². The van der Waals surface area contributed by atoms with E-state index >= 15 is 0 Å². The number of carbonyl (C=O) groups is 1. The van der Waals surface area contributed by atoms with Gasteiger partial charge in [0, 0.05) is 43.8 Å². The first-order valence-corrected chi connectivity index (χ1v) is 14.3. The average molecular weight is 579 g/mol. The molecule has 2 N–H and O–H groups in total. The van der Waals surface area contributed by atoms with Crippen LogP contribution in [0, 0.1) is 0 Å². The molecule has 0 radical (unpaired) electrons. The van der Waals surface area contributed by atoms with E-state index in [-0.39, 0.29) is 17.7 Å². The molecule has 2 heterocycles. The number of hydrogen-bond donors (Lipinski definition) is 2. The number of tetrazole rings is 1. The highest BCUT2D eigenvalue weighted by Crippen LogP contribution is 2.36. The molecule has 4 rings (SSSR count). The lowest BCUT2D eigenvalue weighted by atomic mass is 9.95. The van der Waals surface area contributed by atoms with Gasteiger partial charge in [0.25, 0.3) is 5.91 Å². The molecule has 210 valence electrons. The van der Waals surface area contributed by atoms with Gasteiger partial charge in [-0.2, -0.15) is 4.80 Å². The Morgan fingerprint density at radius 2 is 1.87 bits per heavy atom. The second-order valence-electron chi connectivity index (χ2n) is 9.17. The number of piperidine rings is 1. The van der Waals surface area contributed by atoms with Crippen molar-refractivity contribution in [3.63, 3.8) is 0 Å². The first kappa shape index (κ1) is 28.9. The summed E-state index contributed by atoms with van der Waals surface area (Å²) < 4.78 is 36.3. The zero-order valence-electron chi connectivity index (χ0n) is 21.5. The average Bonchev–Trinajstić information content (AvgIpc) is 3.43. The Morgan fingerprint density at radius 3 is 2.54 bits per heavy atom. The normalized spacial score (nSPS) is 15.7. The van der Waals surface area contributed by atoms with Crippen molar-refractivity contribution in [1.29, 1.82) is 0 Å². The largest absolute Gasteiger partial charge is 0.494 e. The van der Waals surface area contributed by atoms with E-state index in [9.17, 15) is 18.4 Å². The second-order valence-corrected chi connectivity index (χ2v) is 11.9. The number of nitrogens with zero attached hydrogens (tertiary/aromatic N) is 5. The van der Waals surface area contributed by atoms with Gasteiger partial charge in [-0.25, -0.2) is 13.9 Å². The molecular formula is C25H31ClN6O6S. The Labute approximate surface area is 231 Å². The van der Waals surface area contributed by atoms with E-state index in [2.05, 4.69) is 15.4 Å². The fourth-order valence-electron chi connectivity index (χ4n) is 4.50. The lowest BCUT2D eigenvalue weighted by molar-refractivity contribution is -0.133. The van der Waals surface area contributed by atoms with Crippen LogP contribution in [0.25, 0.3) is 11.4 Å². The summed E-state index contributed by atoms with van der Waals surface area (Å²) in [4.78, 5) is 16.2. The first-order valence-electron chi connectivity index (χ1n) is 12.5. The minimum Gasteiger partial charge on any atom is -0.494 e. The Kier molecular flexibility index (Phi) is 9.51. The van der Waals surface area contributed by atoms with Crippen molar-refractivity contribution < 1.29 is 27.9 Å². The molecule has 1 aromatic heterocycles. The maximum atomic E-state index is 13.6. The lowest BCUT2D eigenvalue weighted by Gasteiger charge is -2.39. The summed E-state index contributed by atoms with van der Waals surface area (Å²) >= 11 is 6.02. The molecule has 2 aromatic carbocycles. The number of aromatic nitrogens is 4. The fourth-order valence-corrected chi connectivity index (χ4v) is 6.64. The number of likely N-dealkylation sites (tertiary alicyclic amines) is 1. The Hall–Kier alpha value is -3.10. The Bertz CT molecular complexity index is 1360. The number of benzene rings is 2. The van der Waals surface area contributed by atoms with E-state index in [0.717, 1.165) is 5.56 Å². The highest BCUT2D eigenvalue weighted by Gasteiger charge is 2.52. The third-order valence-corrected chi connectivity index (χ3v) is 9.50. The SMILES string of the molecule is COCCN1CCC(C(=O)NO)(S(=O)(=O)c2ccc(OCCCn3nnc(-c4cccc(Cl)c4)n3)cc2)CC1. The monoisotopic (exact) mass is 578 g/mol. The maximum absolute atomic E-state index is 13.6. The van der Waals surface area contributed by atoms with Gasteiger partial charge >= 0.3 is 0 Å². The molecule has 1 saturated heterocycles. The molecule has 3 aromatic rings. The number of hydrogen-bond acceptors (Lipinski definition) is 10. The van der Waals surface area contributed by atoms with E-state index in [1.54, 1.807) is 36.9 Å². The summed E-state index contributed by atoms with van der Waals surface area (Å²) in [7, 11) is -2.51. The van der Waals surface area contributed by atoms with Crippen LogP contribution < -0.4 is 10.2 Å². The van der Waals surface area contributed by atoms with Gasteiger partial charge in [-0.15, -0.1) is 10.2 Å². The summed E-state index contributed by atoms with van der Waals surface area (Å²) in [5.41, 5.74) is 2.35. The van der Waals surface area contributed by atoms with E-state index in [4.69, 9.17) is 21.1 Å². The van der Waals surface area contributed by atoms with E-state index in [1.807, 2.05) is 17.0 Å². The minimum absolute atomic E-state index is 0.0100. The molecular weight excluding hydrogens is 548 g/mol. The molecule has 39 heavy (non-hydrogen) atoms. The third-order valence-electron chi connectivity index (χ3n) is 6.75. The molecule has 0 spiro atoms. The molecule has 1 amide bonds. The summed E-state index contributed by atoms with van der Waals surface area (Å²) in [5, 5.41) is 22.4. The van der Waals surface area contributed by atoms with Gasteiger partial charge in [-0.3, -0.25) is 10.0 Å². The maximum Gasteiger partial charge on any atom is 0.265 e. The van der Waals surface area contributed by atoms with Crippen molar-refractivity contribution in [2.24, 2.45) is 0 Å². The van der Waals surface area contributed by atoms with Crippen molar-refractivity contribution in [2.45, 2.75) is 35.4 Å². The van der Waals surface area contributed by atoms with Gasteiger partial charge in [-0.1, -0.05) is 23.7 Å². The minimum atomic E-state index is -4.10. The van der Waals surface area contributed by atoms with E-state index < -0.39 is 20.5 Å². The topological polar surface area (TPSA) is 149 Å². The molecule has 12 nitrogen and oxygen atoms in total. The van der Waals surface area contributed by atoms with Crippen molar-refractivity contribution in [2.75, 3.05) is 40.0 Å². The molecule has 1 aliphatic rings. The van der Waals surface area contributed by atoms with Crippen molar-refractivity contribution in [3.8, 4) is 17.1 Å². The highest BCUT2D eigenvalue weighted by atomic mass is 35.5. The highest BCUT2D eigenvalue weighted by molar-refractivity contribution is 7.93. The molecule has 0 bridgehead atoms. The summed E-state index contributed by atoms with van der Waals surface area (Å²) in [6.07, 6.45) is 0.697. The molecule has 0 saturated carbocycles. The molecule has 1 aliphatic heterocycles. The molecule has 0 unspecified atom stereocenters. The number of methoxy groups -OCH3 is 1. The zero-order valence-corrected chi connectivity index (χ0v) is 23.1. The first-order chi connectivity index (χ1) is 18.8. The Morgan fingerprint density at radius 1 is 1.13 bits per heavy atom. The molecule has 0 aliphatic carbocycles. The van der Waals surface area contributed by atoms with Crippen LogP contribution in [0.2, 0.25) is 5.02 Å². The van der Waals surface area contributed by atoms with Crippen LogP contribution in [0.3, 0.4) is 0 Å². The number of halogens is 1. The molecule has 0 atom stereocenters. The molecule has 14 heteroatoms. The predicted molar refractivity (Wildman–Crippen MR) is 142 cm³/mol. The third kappa shape index (κ3) is 6.56.